The fraction of sp³-hybridized carbons (Fsp3) is 0.231. The lowest BCUT2D eigenvalue weighted by atomic mass is 10.1. The summed E-state index contributed by atoms with van der Waals surface area (Å²) in [4.78, 5) is 10.5. The molecule has 1 aromatic carbocycles. The van der Waals surface area contributed by atoms with E-state index in [1.807, 2.05) is 7.05 Å². The van der Waals surface area contributed by atoms with Crippen molar-refractivity contribution < 1.29 is 0 Å². The topological polar surface area (TPSA) is 41.1 Å². The van der Waals surface area contributed by atoms with Crippen molar-refractivity contribution >= 4 is 23.1 Å². The third kappa shape index (κ3) is 1.78. The van der Waals surface area contributed by atoms with E-state index in [9.17, 15) is 0 Å². The van der Waals surface area contributed by atoms with Crippen LogP contribution < -0.4 is 10.2 Å². The van der Waals surface area contributed by atoms with E-state index in [0.717, 1.165) is 24.6 Å². The van der Waals surface area contributed by atoms with Crippen molar-refractivity contribution in [3.05, 3.63) is 46.9 Å². The summed E-state index contributed by atoms with van der Waals surface area (Å²) in [5, 5.41) is 3.53. The van der Waals surface area contributed by atoms with Crippen molar-refractivity contribution in [2.75, 3.05) is 17.3 Å². The van der Waals surface area contributed by atoms with Crippen molar-refractivity contribution in [3.63, 3.8) is 0 Å². The smallest absolute Gasteiger partial charge is 0.157 e. The van der Waals surface area contributed by atoms with Gasteiger partial charge in [-0.05, 0) is 11.1 Å². The summed E-state index contributed by atoms with van der Waals surface area (Å²) in [7, 11) is 1.83. The molecular weight excluding hydrogens is 248 g/mol. The molecule has 0 fully saturated rings. The molecule has 3 rings (SSSR count). The summed E-state index contributed by atoms with van der Waals surface area (Å²) in [6.45, 7) is 1.72. The maximum absolute atomic E-state index is 6.08. The molecule has 0 spiro atoms. The highest BCUT2D eigenvalue weighted by Crippen LogP contribution is 2.34. The third-order valence-corrected chi connectivity index (χ3v) is 3.46. The second kappa shape index (κ2) is 4.46. The first-order chi connectivity index (χ1) is 8.79. The standard InChI is InChI=1S/C13H13ClN4/c1-15-11-12(14)16-8-17-13(11)18-6-9-4-2-3-5-10(9)7-18/h2-5,8,15H,6-7H2,1H3. The number of nitrogens with one attached hydrogen (secondary N) is 1. The van der Waals surface area contributed by atoms with Crippen molar-refractivity contribution in [1.29, 1.82) is 0 Å². The predicted molar refractivity (Wildman–Crippen MR) is 72.9 cm³/mol. The van der Waals surface area contributed by atoms with Gasteiger partial charge in [0.15, 0.2) is 11.0 Å². The van der Waals surface area contributed by atoms with E-state index in [4.69, 9.17) is 11.6 Å². The molecule has 1 aromatic heterocycles. The number of hydrogen-bond acceptors (Lipinski definition) is 4. The molecule has 0 saturated carbocycles. The van der Waals surface area contributed by atoms with Gasteiger partial charge in [0.1, 0.15) is 12.0 Å². The first-order valence-electron chi connectivity index (χ1n) is 5.79. The lowest BCUT2D eigenvalue weighted by Gasteiger charge is -2.19. The minimum atomic E-state index is 0.457. The second-order valence-corrected chi connectivity index (χ2v) is 4.60. The summed E-state index contributed by atoms with van der Waals surface area (Å²) >= 11 is 6.08. The minimum absolute atomic E-state index is 0.457. The monoisotopic (exact) mass is 260 g/mol. The molecule has 0 amide bonds. The average molecular weight is 261 g/mol. The zero-order valence-electron chi connectivity index (χ0n) is 10.0. The Morgan fingerprint density at radius 3 is 2.44 bits per heavy atom. The van der Waals surface area contributed by atoms with Gasteiger partial charge in [0.2, 0.25) is 0 Å². The van der Waals surface area contributed by atoms with Crippen molar-refractivity contribution in [2.24, 2.45) is 0 Å². The van der Waals surface area contributed by atoms with Gasteiger partial charge in [0.05, 0.1) is 0 Å². The Hall–Kier alpha value is -1.81. The minimum Gasteiger partial charge on any atom is -0.383 e. The van der Waals surface area contributed by atoms with E-state index in [-0.39, 0.29) is 0 Å². The number of rotatable bonds is 2. The van der Waals surface area contributed by atoms with Crippen LogP contribution in [-0.4, -0.2) is 17.0 Å². The molecule has 0 atom stereocenters. The first kappa shape index (κ1) is 11.3. The van der Waals surface area contributed by atoms with Crippen LogP contribution in [0.25, 0.3) is 0 Å². The molecule has 92 valence electrons. The molecule has 0 aliphatic carbocycles. The van der Waals surface area contributed by atoms with Gasteiger partial charge in [-0.1, -0.05) is 35.9 Å². The molecule has 1 aliphatic rings. The highest BCUT2D eigenvalue weighted by molar-refractivity contribution is 6.32. The predicted octanol–water partition coefficient (Wildman–Crippen LogP) is 2.69. The quantitative estimate of drug-likeness (QED) is 0.843. The van der Waals surface area contributed by atoms with Crippen LogP contribution in [0.15, 0.2) is 30.6 Å². The summed E-state index contributed by atoms with van der Waals surface area (Å²) in [5.74, 6) is 0.855. The summed E-state index contributed by atoms with van der Waals surface area (Å²) in [5.41, 5.74) is 3.47. The Bertz CT molecular complexity index is 560. The third-order valence-electron chi connectivity index (χ3n) is 3.17. The van der Waals surface area contributed by atoms with Gasteiger partial charge in [0, 0.05) is 20.1 Å². The number of anilines is 2. The Morgan fingerprint density at radius 2 is 1.83 bits per heavy atom. The molecule has 1 aliphatic heterocycles. The molecule has 18 heavy (non-hydrogen) atoms. The molecule has 4 nitrogen and oxygen atoms in total. The fourth-order valence-corrected chi connectivity index (χ4v) is 2.52. The molecule has 2 aromatic rings. The number of hydrogen-bond donors (Lipinski definition) is 1. The molecule has 2 heterocycles. The molecule has 0 radical (unpaired) electrons. The highest BCUT2D eigenvalue weighted by atomic mass is 35.5. The maximum atomic E-state index is 6.08. The van der Waals surface area contributed by atoms with Gasteiger partial charge in [0.25, 0.3) is 0 Å². The van der Waals surface area contributed by atoms with Crippen LogP contribution in [0.2, 0.25) is 5.15 Å². The molecule has 0 saturated heterocycles. The van der Waals surface area contributed by atoms with Gasteiger partial charge in [-0.3, -0.25) is 0 Å². The summed E-state index contributed by atoms with van der Waals surface area (Å²) < 4.78 is 0. The van der Waals surface area contributed by atoms with Gasteiger partial charge in [-0.15, -0.1) is 0 Å². The largest absolute Gasteiger partial charge is 0.383 e. The number of benzene rings is 1. The van der Waals surface area contributed by atoms with Crippen LogP contribution in [-0.2, 0) is 13.1 Å². The van der Waals surface area contributed by atoms with E-state index in [1.165, 1.54) is 17.5 Å². The van der Waals surface area contributed by atoms with Crippen molar-refractivity contribution in [2.45, 2.75) is 13.1 Å². The van der Waals surface area contributed by atoms with E-state index < -0.39 is 0 Å². The Morgan fingerprint density at radius 1 is 1.17 bits per heavy atom. The molecule has 1 N–H and O–H groups in total. The summed E-state index contributed by atoms with van der Waals surface area (Å²) in [6, 6.07) is 8.43. The molecule has 0 bridgehead atoms. The SMILES string of the molecule is CNc1c(Cl)ncnc1N1Cc2ccccc2C1. The van der Waals surface area contributed by atoms with E-state index in [0.29, 0.717) is 5.15 Å². The molecule has 5 heteroatoms. The van der Waals surface area contributed by atoms with Gasteiger partial charge in [-0.25, -0.2) is 9.97 Å². The molecule has 0 unspecified atom stereocenters. The number of fused-ring (bicyclic) bond motifs is 1. The zero-order valence-corrected chi connectivity index (χ0v) is 10.8. The first-order valence-corrected chi connectivity index (χ1v) is 6.17. The number of aromatic nitrogens is 2. The Labute approximate surface area is 111 Å². The Kier molecular flexibility index (Phi) is 2.80. The Balaban J connectivity index is 1.97. The van der Waals surface area contributed by atoms with Crippen LogP contribution in [0.1, 0.15) is 11.1 Å². The van der Waals surface area contributed by atoms with Crippen LogP contribution in [0, 0.1) is 0 Å². The summed E-state index contributed by atoms with van der Waals surface area (Å²) in [6.07, 6.45) is 1.50. The van der Waals surface area contributed by atoms with Crippen LogP contribution in [0.3, 0.4) is 0 Å². The van der Waals surface area contributed by atoms with E-state index in [1.54, 1.807) is 0 Å². The van der Waals surface area contributed by atoms with Crippen molar-refractivity contribution in [3.8, 4) is 0 Å². The van der Waals surface area contributed by atoms with Crippen LogP contribution in [0.5, 0.6) is 0 Å². The highest BCUT2D eigenvalue weighted by Gasteiger charge is 2.22. The molecular formula is C13H13ClN4. The fourth-order valence-electron chi connectivity index (χ4n) is 2.29. The maximum Gasteiger partial charge on any atom is 0.157 e. The van der Waals surface area contributed by atoms with Crippen molar-refractivity contribution in [1.82, 2.24) is 9.97 Å². The zero-order chi connectivity index (χ0) is 12.5. The lowest BCUT2D eigenvalue weighted by Crippen LogP contribution is -2.18. The number of nitrogens with zero attached hydrogens (tertiary/aromatic N) is 3. The normalized spacial score (nSPS) is 13.6. The average Bonchev–Trinajstić information content (AvgIpc) is 2.82. The van der Waals surface area contributed by atoms with Gasteiger partial charge < -0.3 is 10.2 Å². The second-order valence-electron chi connectivity index (χ2n) is 4.24. The lowest BCUT2D eigenvalue weighted by molar-refractivity contribution is 0.852. The van der Waals surface area contributed by atoms with Gasteiger partial charge >= 0.3 is 0 Å². The van der Waals surface area contributed by atoms with E-state index in [2.05, 4.69) is 44.5 Å². The van der Waals surface area contributed by atoms with E-state index >= 15 is 0 Å². The number of halogens is 1. The van der Waals surface area contributed by atoms with Crippen LogP contribution >= 0.6 is 11.6 Å². The van der Waals surface area contributed by atoms with Gasteiger partial charge in [-0.2, -0.15) is 0 Å². The van der Waals surface area contributed by atoms with Crippen LogP contribution in [0.4, 0.5) is 11.5 Å².